The number of sulfonamides is 1. The monoisotopic (exact) mass is 394 g/mol. The zero-order valence-electron chi connectivity index (χ0n) is 15.2. The fourth-order valence-corrected chi connectivity index (χ4v) is 4.05. The van der Waals surface area contributed by atoms with Gasteiger partial charge in [0.1, 0.15) is 29.0 Å². The van der Waals surface area contributed by atoms with E-state index in [2.05, 4.69) is 19.6 Å². The molecule has 0 amide bonds. The number of aromatic nitrogens is 2. The molecule has 1 aliphatic heterocycles. The summed E-state index contributed by atoms with van der Waals surface area (Å²) in [6.45, 7) is 3.78. The maximum Gasteiger partial charge on any atom is 0.243 e. The van der Waals surface area contributed by atoms with Gasteiger partial charge in [-0.2, -0.15) is 4.98 Å². The summed E-state index contributed by atoms with van der Waals surface area (Å²) in [5.74, 6) is 1.03. The Balaban J connectivity index is 1.57. The number of nitrogens with one attached hydrogen (secondary N) is 1. The fraction of sp³-hybridized carbons (Fsp3) is 0.444. The van der Waals surface area contributed by atoms with Crippen molar-refractivity contribution in [2.24, 2.45) is 0 Å². The zero-order valence-corrected chi connectivity index (χ0v) is 16.0. The second kappa shape index (κ2) is 8.62. The van der Waals surface area contributed by atoms with Crippen molar-refractivity contribution in [3.8, 4) is 5.88 Å². The first-order valence-corrected chi connectivity index (χ1v) is 10.4. The summed E-state index contributed by atoms with van der Waals surface area (Å²) in [4.78, 5) is 10.5. The third-order valence-corrected chi connectivity index (χ3v) is 5.75. The molecule has 0 radical (unpaired) electrons. The standard InChI is InChI=1S/C18H23FN4O3S/c1-14-21-17(23-10-5-2-6-11-23)13-18(22-14)26-12-9-20-27(24,25)16-8-4-3-7-15(16)19/h3-4,7-8,13,20H,2,5-6,9-12H2,1H3. The molecule has 1 saturated heterocycles. The van der Waals surface area contributed by atoms with Crippen molar-refractivity contribution in [1.29, 1.82) is 0 Å². The maximum absolute atomic E-state index is 13.7. The van der Waals surface area contributed by atoms with Crippen LogP contribution in [0.5, 0.6) is 5.88 Å². The Labute approximate surface area is 158 Å². The van der Waals surface area contributed by atoms with E-state index in [1.54, 1.807) is 13.0 Å². The number of hydrogen-bond donors (Lipinski definition) is 1. The highest BCUT2D eigenvalue weighted by molar-refractivity contribution is 7.89. The minimum atomic E-state index is -3.92. The van der Waals surface area contributed by atoms with E-state index >= 15 is 0 Å². The van der Waals surface area contributed by atoms with E-state index in [0.29, 0.717) is 11.7 Å². The van der Waals surface area contributed by atoms with Gasteiger partial charge >= 0.3 is 0 Å². The number of aryl methyl sites for hydroxylation is 1. The average Bonchev–Trinajstić information content (AvgIpc) is 2.66. The molecule has 0 aliphatic carbocycles. The Morgan fingerprint density at radius 2 is 1.93 bits per heavy atom. The first kappa shape index (κ1) is 19.5. The Morgan fingerprint density at radius 1 is 1.19 bits per heavy atom. The molecule has 2 aromatic rings. The molecule has 1 aromatic carbocycles. The molecule has 1 N–H and O–H groups in total. The molecule has 0 saturated carbocycles. The molecule has 1 aromatic heterocycles. The van der Waals surface area contributed by atoms with Gasteiger partial charge in [-0.3, -0.25) is 0 Å². The van der Waals surface area contributed by atoms with Gasteiger partial charge in [-0.25, -0.2) is 22.5 Å². The van der Waals surface area contributed by atoms with Crippen molar-refractivity contribution in [2.45, 2.75) is 31.1 Å². The van der Waals surface area contributed by atoms with Crippen LogP contribution in [0.15, 0.2) is 35.2 Å². The summed E-state index contributed by atoms with van der Waals surface area (Å²) in [5.41, 5.74) is 0. The third kappa shape index (κ3) is 5.14. The molecule has 7 nitrogen and oxygen atoms in total. The molecule has 2 heterocycles. The molecule has 3 rings (SSSR count). The van der Waals surface area contributed by atoms with Crippen LogP contribution in [0, 0.1) is 12.7 Å². The minimum absolute atomic E-state index is 0.00122. The van der Waals surface area contributed by atoms with Crippen molar-refractivity contribution in [3.63, 3.8) is 0 Å². The van der Waals surface area contributed by atoms with Crippen LogP contribution in [0.25, 0.3) is 0 Å². The molecule has 146 valence electrons. The van der Waals surface area contributed by atoms with Crippen molar-refractivity contribution in [2.75, 3.05) is 31.1 Å². The fourth-order valence-electron chi connectivity index (χ4n) is 2.96. The molecule has 9 heteroatoms. The molecule has 0 bridgehead atoms. The van der Waals surface area contributed by atoms with Crippen LogP contribution in [0.1, 0.15) is 25.1 Å². The smallest absolute Gasteiger partial charge is 0.243 e. The van der Waals surface area contributed by atoms with Gasteiger partial charge in [-0.15, -0.1) is 0 Å². The van der Waals surface area contributed by atoms with Gasteiger partial charge in [0.25, 0.3) is 0 Å². The lowest BCUT2D eigenvalue weighted by molar-refractivity contribution is 0.309. The van der Waals surface area contributed by atoms with Crippen molar-refractivity contribution < 1.29 is 17.5 Å². The highest BCUT2D eigenvalue weighted by Crippen LogP contribution is 2.21. The van der Waals surface area contributed by atoms with Gasteiger partial charge in [0.2, 0.25) is 15.9 Å². The number of anilines is 1. The number of halogens is 1. The average molecular weight is 394 g/mol. The van der Waals surface area contributed by atoms with Gasteiger partial charge in [-0.1, -0.05) is 12.1 Å². The Bertz CT molecular complexity index is 886. The van der Waals surface area contributed by atoms with E-state index in [1.807, 2.05) is 0 Å². The zero-order chi connectivity index (χ0) is 19.3. The van der Waals surface area contributed by atoms with E-state index < -0.39 is 15.8 Å². The molecule has 0 atom stereocenters. The summed E-state index contributed by atoms with van der Waals surface area (Å²) in [7, 11) is -3.92. The van der Waals surface area contributed by atoms with Crippen molar-refractivity contribution in [3.05, 3.63) is 42.0 Å². The lowest BCUT2D eigenvalue weighted by Gasteiger charge is -2.28. The topological polar surface area (TPSA) is 84.4 Å². The number of nitrogens with zero attached hydrogens (tertiary/aromatic N) is 3. The van der Waals surface area contributed by atoms with E-state index in [9.17, 15) is 12.8 Å². The van der Waals surface area contributed by atoms with Crippen LogP contribution in [-0.4, -0.2) is 44.6 Å². The van der Waals surface area contributed by atoms with E-state index in [4.69, 9.17) is 4.74 Å². The molecular weight excluding hydrogens is 371 g/mol. The summed E-state index contributed by atoms with van der Waals surface area (Å²) in [5, 5.41) is 0. The van der Waals surface area contributed by atoms with Gasteiger partial charge in [0.15, 0.2) is 0 Å². The number of piperidine rings is 1. The van der Waals surface area contributed by atoms with E-state index in [1.165, 1.54) is 24.6 Å². The van der Waals surface area contributed by atoms with E-state index in [0.717, 1.165) is 37.8 Å². The number of benzene rings is 1. The molecular formula is C18H23FN4O3S. The van der Waals surface area contributed by atoms with Crippen LogP contribution < -0.4 is 14.4 Å². The SMILES string of the molecule is Cc1nc(OCCNS(=O)(=O)c2ccccc2F)cc(N2CCCCC2)n1. The van der Waals surface area contributed by atoms with Crippen molar-refractivity contribution >= 4 is 15.8 Å². The summed E-state index contributed by atoms with van der Waals surface area (Å²) >= 11 is 0. The first-order chi connectivity index (χ1) is 13.0. The van der Waals surface area contributed by atoms with Crippen molar-refractivity contribution in [1.82, 2.24) is 14.7 Å². The van der Waals surface area contributed by atoms with Gasteiger partial charge in [0, 0.05) is 25.7 Å². The molecule has 1 fully saturated rings. The Kier molecular flexibility index (Phi) is 6.22. The van der Waals surface area contributed by atoms with Crippen LogP contribution in [0.2, 0.25) is 0 Å². The predicted octanol–water partition coefficient (Wildman–Crippen LogP) is 2.27. The Morgan fingerprint density at radius 3 is 2.67 bits per heavy atom. The van der Waals surface area contributed by atoms with Gasteiger partial charge in [0.05, 0.1) is 0 Å². The summed E-state index contributed by atoms with van der Waals surface area (Å²) < 4.78 is 45.8. The highest BCUT2D eigenvalue weighted by atomic mass is 32.2. The van der Waals surface area contributed by atoms with Crippen LogP contribution >= 0.6 is 0 Å². The highest BCUT2D eigenvalue weighted by Gasteiger charge is 2.18. The maximum atomic E-state index is 13.7. The minimum Gasteiger partial charge on any atom is -0.476 e. The number of rotatable bonds is 7. The van der Waals surface area contributed by atoms with Crippen LogP contribution in [0.3, 0.4) is 0 Å². The summed E-state index contributed by atoms with van der Waals surface area (Å²) in [6.07, 6.45) is 3.50. The quantitative estimate of drug-likeness (QED) is 0.726. The molecule has 0 spiro atoms. The van der Waals surface area contributed by atoms with Gasteiger partial charge in [-0.05, 0) is 38.3 Å². The molecule has 1 aliphatic rings. The largest absolute Gasteiger partial charge is 0.476 e. The Hall–Kier alpha value is -2.26. The van der Waals surface area contributed by atoms with E-state index in [-0.39, 0.29) is 18.0 Å². The van der Waals surface area contributed by atoms with Gasteiger partial charge < -0.3 is 9.64 Å². The lowest BCUT2D eigenvalue weighted by Crippen LogP contribution is -2.30. The van der Waals surface area contributed by atoms with Crippen LogP contribution in [0.4, 0.5) is 10.2 Å². The number of ether oxygens (including phenoxy) is 1. The number of hydrogen-bond acceptors (Lipinski definition) is 6. The summed E-state index contributed by atoms with van der Waals surface area (Å²) in [6, 6.07) is 7.01. The lowest BCUT2D eigenvalue weighted by atomic mass is 10.1. The first-order valence-electron chi connectivity index (χ1n) is 8.93. The second-order valence-electron chi connectivity index (χ2n) is 6.34. The second-order valence-corrected chi connectivity index (χ2v) is 8.07. The molecule has 0 unspecified atom stereocenters. The van der Waals surface area contributed by atoms with Crippen LogP contribution in [-0.2, 0) is 10.0 Å². The molecule has 27 heavy (non-hydrogen) atoms. The third-order valence-electron chi connectivity index (χ3n) is 4.25. The normalized spacial score (nSPS) is 15.0. The predicted molar refractivity (Wildman–Crippen MR) is 99.9 cm³/mol.